The van der Waals surface area contributed by atoms with Crippen LogP contribution in [0.3, 0.4) is 0 Å². The van der Waals surface area contributed by atoms with Gasteiger partial charge in [0, 0.05) is 6.04 Å². The number of amides is 3. The van der Waals surface area contributed by atoms with Crippen molar-refractivity contribution in [2.45, 2.75) is 46.2 Å². The number of nitrogens with one attached hydrogen (secondary N) is 3. The zero-order valence-electron chi connectivity index (χ0n) is 15.4. The Morgan fingerprint density at radius 1 is 1.35 bits per heavy atom. The first-order valence-electron chi connectivity index (χ1n) is 8.82. The lowest BCUT2D eigenvalue weighted by atomic mass is 10.3. The number of thiophene rings is 1. The van der Waals surface area contributed by atoms with E-state index in [1.54, 1.807) is 0 Å². The molecule has 0 aliphatic heterocycles. The Labute approximate surface area is 157 Å². The predicted octanol–water partition coefficient (Wildman–Crippen LogP) is 1.22. The Hall–Kier alpha value is -2.26. The van der Waals surface area contributed by atoms with E-state index in [9.17, 15) is 9.59 Å². The molecule has 0 radical (unpaired) electrons. The summed E-state index contributed by atoms with van der Waals surface area (Å²) in [7, 11) is 0. The average molecular weight is 380 g/mol. The molecule has 0 saturated carbocycles. The van der Waals surface area contributed by atoms with Crippen LogP contribution in [0.5, 0.6) is 0 Å². The molecule has 0 aliphatic carbocycles. The summed E-state index contributed by atoms with van der Waals surface area (Å²) >= 11 is 1.53. The van der Waals surface area contributed by atoms with Gasteiger partial charge in [-0.3, -0.25) is 10.1 Å². The van der Waals surface area contributed by atoms with Crippen LogP contribution in [0.1, 0.15) is 39.5 Å². The minimum absolute atomic E-state index is 0.0240. The van der Waals surface area contributed by atoms with Crippen molar-refractivity contribution in [2.75, 3.05) is 13.1 Å². The lowest BCUT2D eigenvalue weighted by Crippen LogP contribution is -3.12. The van der Waals surface area contributed by atoms with Gasteiger partial charge >= 0.3 is 6.03 Å². The van der Waals surface area contributed by atoms with Crippen molar-refractivity contribution >= 4 is 23.3 Å². The molecule has 0 spiro atoms. The maximum Gasteiger partial charge on any atom is 0.321 e. The number of hydrogen-bond acceptors (Lipinski definition) is 6. The highest BCUT2D eigenvalue weighted by Gasteiger charge is 2.20. The number of nitrogens with zero attached hydrogens (tertiary/aromatic N) is 2. The molecule has 2 heterocycles. The molecular weight excluding hydrogens is 354 g/mol. The third-order valence-electron chi connectivity index (χ3n) is 3.86. The van der Waals surface area contributed by atoms with E-state index in [1.165, 1.54) is 11.3 Å². The number of quaternary nitrogens is 1. The first-order valence-corrected chi connectivity index (χ1v) is 9.69. The molecule has 2 aromatic rings. The molecule has 8 nitrogen and oxygen atoms in total. The second kappa shape index (κ2) is 10.0. The van der Waals surface area contributed by atoms with E-state index >= 15 is 0 Å². The summed E-state index contributed by atoms with van der Waals surface area (Å²) in [5.74, 6) is 0.643. The Kier molecular flexibility index (Phi) is 7.73. The maximum absolute atomic E-state index is 12.1. The topological polar surface area (TPSA) is 102 Å². The van der Waals surface area contributed by atoms with Crippen molar-refractivity contribution in [3.05, 3.63) is 23.4 Å². The quantitative estimate of drug-likeness (QED) is 0.607. The standard InChI is InChI=1S/C17H25N5O3S/c1-4-8-22(10-14(23)19-17(24)18-12(3)5-2)11-15-20-21-16(25-15)13-7-6-9-26-13/h6-7,9,12H,4-5,8,10-11H2,1-3H3,(H2,18,19,23,24)/p+1/t12-/m0/s1. The number of hydrogen-bond donors (Lipinski definition) is 3. The number of aromatic nitrogens is 2. The van der Waals surface area contributed by atoms with Gasteiger partial charge in [0.15, 0.2) is 13.1 Å². The molecule has 0 aromatic carbocycles. The van der Waals surface area contributed by atoms with Gasteiger partial charge in [0.05, 0.1) is 11.4 Å². The third kappa shape index (κ3) is 6.23. The van der Waals surface area contributed by atoms with Gasteiger partial charge in [-0.25, -0.2) is 4.79 Å². The highest BCUT2D eigenvalue weighted by atomic mass is 32.1. The molecule has 26 heavy (non-hydrogen) atoms. The van der Waals surface area contributed by atoms with Crippen LogP contribution in [0.2, 0.25) is 0 Å². The maximum atomic E-state index is 12.1. The van der Waals surface area contributed by atoms with E-state index in [0.29, 0.717) is 18.3 Å². The fourth-order valence-corrected chi connectivity index (χ4v) is 3.04. The van der Waals surface area contributed by atoms with Gasteiger partial charge in [0.2, 0.25) is 0 Å². The van der Waals surface area contributed by atoms with Crippen molar-refractivity contribution in [3.63, 3.8) is 0 Å². The normalized spacial score (nSPS) is 13.2. The lowest BCUT2D eigenvalue weighted by molar-refractivity contribution is -0.907. The van der Waals surface area contributed by atoms with E-state index in [0.717, 1.165) is 29.2 Å². The van der Waals surface area contributed by atoms with E-state index in [2.05, 4.69) is 20.8 Å². The minimum atomic E-state index is -0.460. The number of imide groups is 1. The molecule has 142 valence electrons. The molecule has 2 rings (SSSR count). The van der Waals surface area contributed by atoms with E-state index in [1.807, 2.05) is 38.3 Å². The van der Waals surface area contributed by atoms with Crippen molar-refractivity contribution < 1.29 is 18.9 Å². The molecule has 0 aliphatic rings. The van der Waals surface area contributed by atoms with Crippen LogP contribution in [-0.2, 0) is 11.3 Å². The molecule has 2 atom stereocenters. The van der Waals surface area contributed by atoms with Crippen molar-refractivity contribution in [1.29, 1.82) is 0 Å². The summed E-state index contributed by atoms with van der Waals surface area (Å²) in [6.07, 6.45) is 1.70. The molecule has 1 unspecified atom stereocenters. The van der Waals surface area contributed by atoms with E-state index < -0.39 is 6.03 Å². The zero-order chi connectivity index (χ0) is 18.9. The SMILES string of the molecule is CCC[NH+](CC(=O)NC(=O)N[C@@H](C)CC)Cc1nnc(-c2cccs2)o1. The Balaban J connectivity index is 1.90. The van der Waals surface area contributed by atoms with Gasteiger partial charge in [-0.15, -0.1) is 21.5 Å². The first-order chi connectivity index (χ1) is 12.5. The van der Waals surface area contributed by atoms with Crippen LogP contribution in [0, 0.1) is 0 Å². The summed E-state index contributed by atoms with van der Waals surface area (Å²) in [5, 5.41) is 15.2. The number of carbonyl (C=O) groups is 2. The minimum Gasteiger partial charge on any atom is -0.414 e. The molecule has 0 bridgehead atoms. The fraction of sp³-hybridized carbons (Fsp3) is 0.529. The molecule has 3 N–H and O–H groups in total. The van der Waals surface area contributed by atoms with E-state index in [-0.39, 0.29) is 18.5 Å². The largest absolute Gasteiger partial charge is 0.414 e. The summed E-state index contributed by atoms with van der Waals surface area (Å²) in [6, 6.07) is 3.41. The van der Waals surface area contributed by atoms with Crippen molar-refractivity contribution in [1.82, 2.24) is 20.8 Å². The molecular formula is C17H26N5O3S+. The summed E-state index contributed by atoms with van der Waals surface area (Å²) in [5.41, 5.74) is 0. The van der Waals surface area contributed by atoms with Gasteiger partial charge < -0.3 is 14.6 Å². The van der Waals surface area contributed by atoms with Gasteiger partial charge in [0.25, 0.3) is 17.7 Å². The fourth-order valence-electron chi connectivity index (χ4n) is 2.39. The zero-order valence-corrected chi connectivity index (χ0v) is 16.2. The van der Waals surface area contributed by atoms with Crippen LogP contribution in [0.15, 0.2) is 21.9 Å². The van der Waals surface area contributed by atoms with Crippen LogP contribution in [0.25, 0.3) is 10.8 Å². The van der Waals surface area contributed by atoms with Gasteiger partial charge in [-0.2, -0.15) is 0 Å². The summed E-state index contributed by atoms with van der Waals surface area (Å²) < 4.78 is 5.69. The number of rotatable bonds is 9. The van der Waals surface area contributed by atoms with E-state index in [4.69, 9.17) is 4.42 Å². The smallest absolute Gasteiger partial charge is 0.321 e. The second-order valence-electron chi connectivity index (χ2n) is 6.16. The highest BCUT2D eigenvalue weighted by Crippen LogP contribution is 2.22. The van der Waals surface area contributed by atoms with Crippen molar-refractivity contribution in [2.24, 2.45) is 0 Å². The van der Waals surface area contributed by atoms with Crippen LogP contribution in [-0.4, -0.2) is 41.3 Å². The molecule has 9 heteroatoms. The summed E-state index contributed by atoms with van der Waals surface area (Å²) in [4.78, 5) is 25.8. The highest BCUT2D eigenvalue weighted by molar-refractivity contribution is 7.13. The molecule has 3 amide bonds. The first kappa shape index (κ1) is 20.1. The van der Waals surface area contributed by atoms with Gasteiger partial charge in [-0.05, 0) is 31.2 Å². The number of urea groups is 1. The molecule has 0 fully saturated rings. The van der Waals surface area contributed by atoms with Crippen LogP contribution in [0.4, 0.5) is 4.79 Å². The van der Waals surface area contributed by atoms with Crippen LogP contribution >= 0.6 is 11.3 Å². The lowest BCUT2D eigenvalue weighted by Gasteiger charge is -2.17. The Bertz CT molecular complexity index is 701. The monoisotopic (exact) mass is 380 g/mol. The number of carbonyl (C=O) groups excluding carboxylic acids is 2. The second-order valence-corrected chi connectivity index (χ2v) is 7.11. The average Bonchev–Trinajstić information content (AvgIpc) is 3.25. The van der Waals surface area contributed by atoms with Crippen LogP contribution < -0.4 is 15.5 Å². The van der Waals surface area contributed by atoms with Gasteiger partial charge in [0.1, 0.15) is 0 Å². The Morgan fingerprint density at radius 2 is 2.15 bits per heavy atom. The summed E-state index contributed by atoms with van der Waals surface area (Å²) in [6.45, 7) is 7.26. The molecule has 0 saturated heterocycles. The predicted molar refractivity (Wildman–Crippen MR) is 98.7 cm³/mol. The third-order valence-corrected chi connectivity index (χ3v) is 4.71. The van der Waals surface area contributed by atoms with Gasteiger partial charge in [-0.1, -0.05) is 19.9 Å². The van der Waals surface area contributed by atoms with Crippen molar-refractivity contribution in [3.8, 4) is 10.8 Å². The molecule has 2 aromatic heterocycles. The Morgan fingerprint density at radius 3 is 2.81 bits per heavy atom.